The van der Waals surface area contributed by atoms with Gasteiger partial charge < -0.3 is 14.5 Å². The van der Waals surface area contributed by atoms with E-state index >= 15 is 0 Å². The summed E-state index contributed by atoms with van der Waals surface area (Å²) in [5.74, 6) is 0.672. The molecule has 0 radical (unpaired) electrons. The van der Waals surface area contributed by atoms with Crippen LogP contribution in [0.1, 0.15) is 11.7 Å². The average molecular weight is 232 g/mol. The van der Waals surface area contributed by atoms with Gasteiger partial charge in [0.2, 0.25) is 0 Å². The third kappa shape index (κ3) is 2.33. The number of furan rings is 1. The molecule has 1 aliphatic rings. The Labute approximate surface area is 94.4 Å². The number of ether oxygens (including phenoxy) is 1. The maximum atomic E-state index is 11.4. The van der Waals surface area contributed by atoms with Gasteiger partial charge in [0, 0.05) is 19.0 Å². The van der Waals surface area contributed by atoms with E-state index in [1.165, 1.54) is 7.11 Å². The van der Waals surface area contributed by atoms with Crippen molar-refractivity contribution in [3.63, 3.8) is 0 Å². The summed E-state index contributed by atoms with van der Waals surface area (Å²) in [7, 11) is 1.42. The number of esters is 1. The molecule has 0 aliphatic carbocycles. The highest BCUT2D eigenvalue weighted by molar-refractivity contribution is 5.85. The summed E-state index contributed by atoms with van der Waals surface area (Å²) in [6, 6.07) is 3.73. The van der Waals surface area contributed by atoms with Gasteiger partial charge in [0.15, 0.2) is 0 Å². The number of carbonyl (C=O) groups is 1. The molecule has 1 fully saturated rings. The van der Waals surface area contributed by atoms with Crippen molar-refractivity contribution in [1.29, 1.82) is 0 Å². The van der Waals surface area contributed by atoms with Crippen molar-refractivity contribution >= 4 is 18.4 Å². The van der Waals surface area contributed by atoms with E-state index in [0.29, 0.717) is 6.54 Å². The lowest BCUT2D eigenvalue weighted by Crippen LogP contribution is -2.22. The fourth-order valence-corrected chi connectivity index (χ4v) is 1.88. The Morgan fingerprint density at radius 3 is 3.00 bits per heavy atom. The largest absolute Gasteiger partial charge is 0.469 e. The molecule has 84 valence electrons. The molecule has 0 saturated carbocycles. The van der Waals surface area contributed by atoms with Crippen molar-refractivity contribution in [2.45, 2.75) is 5.92 Å². The smallest absolute Gasteiger partial charge is 0.310 e. The van der Waals surface area contributed by atoms with Crippen LogP contribution in [0.15, 0.2) is 22.8 Å². The molecule has 1 N–H and O–H groups in total. The third-order valence-corrected chi connectivity index (χ3v) is 2.63. The second kappa shape index (κ2) is 5.19. The van der Waals surface area contributed by atoms with Crippen LogP contribution in [-0.2, 0) is 9.53 Å². The number of carbonyl (C=O) groups excluding carboxylic acids is 1. The van der Waals surface area contributed by atoms with Crippen LogP contribution in [0.5, 0.6) is 0 Å². The number of hydrogen-bond acceptors (Lipinski definition) is 4. The number of hydrogen-bond donors (Lipinski definition) is 1. The van der Waals surface area contributed by atoms with Crippen molar-refractivity contribution in [2.24, 2.45) is 5.92 Å². The van der Waals surface area contributed by atoms with E-state index in [-0.39, 0.29) is 30.2 Å². The Bertz CT molecular complexity index is 312. The van der Waals surface area contributed by atoms with Gasteiger partial charge >= 0.3 is 5.97 Å². The van der Waals surface area contributed by atoms with Gasteiger partial charge in [-0.15, -0.1) is 12.4 Å². The first kappa shape index (κ1) is 12.1. The van der Waals surface area contributed by atoms with Crippen molar-refractivity contribution in [3.8, 4) is 0 Å². The lowest BCUT2D eigenvalue weighted by molar-refractivity contribution is -0.145. The van der Waals surface area contributed by atoms with E-state index < -0.39 is 0 Å². The molecule has 1 saturated heterocycles. The molecule has 2 atom stereocenters. The highest BCUT2D eigenvalue weighted by Gasteiger charge is 2.36. The average Bonchev–Trinajstić information content (AvgIpc) is 2.85. The van der Waals surface area contributed by atoms with E-state index in [1.54, 1.807) is 6.26 Å². The molecule has 1 aromatic heterocycles. The number of methoxy groups -OCH3 is 1. The number of rotatable bonds is 2. The first-order valence-electron chi connectivity index (χ1n) is 4.65. The van der Waals surface area contributed by atoms with Gasteiger partial charge in [0.05, 0.1) is 19.3 Å². The Balaban J connectivity index is 0.00000112. The molecule has 0 spiro atoms. The molecular weight excluding hydrogens is 218 g/mol. The van der Waals surface area contributed by atoms with Gasteiger partial charge in [-0.1, -0.05) is 0 Å². The van der Waals surface area contributed by atoms with Crippen molar-refractivity contribution < 1.29 is 13.9 Å². The standard InChI is InChI=1S/C10H13NO3.ClH/c1-13-10(12)8-6-11-5-7(8)9-3-2-4-14-9;/h2-4,7-8,11H,5-6H2,1H3;1H. The Morgan fingerprint density at radius 1 is 1.60 bits per heavy atom. The topological polar surface area (TPSA) is 51.5 Å². The fraction of sp³-hybridized carbons (Fsp3) is 0.500. The van der Waals surface area contributed by atoms with Crippen LogP contribution in [0.2, 0.25) is 0 Å². The van der Waals surface area contributed by atoms with Crippen LogP contribution in [-0.4, -0.2) is 26.2 Å². The maximum Gasteiger partial charge on any atom is 0.310 e. The van der Waals surface area contributed by atoms with Gasteiger partial charge in [-0.05, 0) is 12.1 Å². The SMILES string of the molecule is COC(=O)C1CNCC1c1ccco1.Cl. The zero-order chi connectivity index (χ0) is 9.97. The van der Waals surface area contributed by atoms with Gasteiger partial charge in [-0.3, -0.25) is 4.79 Å². The predicted molar refractivity (Wildman–Crippen MR) is 57.1 cm³/mol. The molecule has 0 aromatic carbocycles. The summed E-state index contributed by atoms with van der Waals surface area (Å²) in [5.41, 5.74) is 0. The first-order chi connectivity index (χ1) is 6.83. The molecule has 15 heavy (non-hydrogen) atoms. The van der Waals surface area contributed by atoms with Crippen LogP contribution in [0.3, 0.4) is 0 Å². The van der Waals surface area contributed by atoms with Crippen molar-refractivity contribution in [1.82, 2.24) is 5.32 Å². The third-order valence-electron chi connectivity index (χ3n) is 2.63. The van der Waals surface area contributed by atoms with E-state index in [9.17, 15) is 4.79 Å². The summed E-state index contributed by atoms with van der Waals surface area (Å²) in [6.07, 6.45) is 1.63. The Kier molecular flexibility index (Phi) is 4.17. The highest BCUT2D eigenvalue weighted by Crippen LogP contribution is 2.28. The van der Waals surface area contributed by atoms with Crippen LogP contribution in [0, 0.1) is 5.92 Å². The monoisotopic (exact) mass is 231 g/mol. The molecular formula is C10H14ClNO3. The second-order valence-electron chi connectivity index (χ2n) is 3.41. The summed E-state index contributed by atoms with van der Waals surface area (Å²) >= 11 is 0. The quantitative estimate of drug-likeness (QED) is 0.777. The molecule has 2 heterocycles. The number of nitrogens with one attached hydrogen (secondary N) is 1. The Morgan fingerprint density at radius 2 is 2.40 bits per heavy atom. The van der Waals surface area contributed by atoms with Crippen LogP contribution >= 0.6 is 12.4 Å². The molecule has 5 heteroatoms. The fourth-order valence-electron chi connectivity index (χ4n) is 1.88. The van der Waals surface area contributed by atoms with Crippen molar-refractivity contribution in [3.05, 3.63) is 24.2 Å². The van der Waals surface area contributed by atoms with E-state index in [2.05, 4.69) is 5.32 Å². The van der Waals surface area contributed by atoms with E-state index in [0.717, 1.165) is 12.3 Å². The number of halogens is 1. The van der Waals surface area contributed by atoms with Gasteiger partial charge in [0.25, 0.3) is 0 Å². The Hall–Kier alpha value is -1.00. The summed E-state index contributed by atoms with van der Waals surface area (Å²) in [4.78, 5) is 11.4. The molecule has 2 rings (SSSR count). The predicted octanol–water partition coefficient (Wildman–Crippen LogP) is 1.18. The van der Waals surface area contributed by atoms with Crippen molar-refractivity contribution in [2.75, 3.05) is 20.2 Å². The van der Waals surface area contributed by atoms with E-state index in [1.807, 2.05) is 12.1 Å². The summed E-state index contributed by atoms with van der Waals surface area (Å²) in [6.45, 7) is 1.44. The summed E-state index contributed by atoms with van der Waals surface area (Å²) in [5, 5.41) is 3.17. The molecule has 0 amide bonds. The lowest BCUT2D eigenvalue weighted by atomic mass is 9.94. The molecule has 4 nitrogen and oxygen atoms in total. The minimum atomic E-state index is -0.170. The van der Waals surface area contributed by atoms with Crippen LogP contribution in [0.25, 0.3) is 0 Å². The maximum absolute atomic E-state index is 11.4. The van der Waals surface area contributed by atoms with E-state index in [4.69, 9.17) is 9.15 Å². The van der Waals surface area contributed by atoms with Gasteiger partial charge in [-0.2, -0.15) is 0 Å². The molecule has 0 bridgehead atoms. The zero-order valence-corrected chi connectivity index (χ0v) is 9.25. The van der Waals surface area contributed by atoms with Gasteiger partial charge in [-0.25, -0.2) is 0 Å². The second-order valence-corrected chi connectivity index (χ2v) is 3.41. The normalized spacial score (nSPS) is 24.6. The molecule has 2 unspecified atom stereocenters. The molecule has 1 aliphatic heterocycles. The molecule has 1 aromatic rings. The first-order valence-corrected chi connectivity index (χ1v) is 4.65. The lowest BCUT2D eigenvalue weighted by Gasteiger charge is -2.13. The highest BCUT2D eigenvalue weighted by atomic mass is 35.5. The summed E-state index contributed by atoms with van der Waals surface area (Å²) < 4.78 is 10.0. The van der Waals surface area contributed by atoms with Crippen LogP contribution in [0.4, 0.5) is 0 Å². The zero-order valence-electron chi connectivity index (χ0n) is 8.43. The van der Waals surface area contributed by atoms with Crippen LogP contribution < -0.4 is 5.32 Å². The van der Waals surface area contributed by atoms with Gasteiger partial charge in [0.1, 0.15) is 5.76 Å². The minimum Gasteiger partial charge on any atom is -0.469 e. The minimum absolute atomic E-state index is 0.